The van der Waals surface area contributed by atoms with E-state index in [0.717, 1.165) is 19.3 Å². The summed E-state index contributed by atoms with van der Waals surface area (Å²) in [6.07, 6.45) is 2.43. The van der Waals surface area contributed by atoms with Crippen molar-refractivity contribution in [1.82, 2.24) is 4.90 Å². The van der Waals surface area contributed by atoms with Crippen molar-refractivity contribution in [2.24, 2.45) is 5.92 Å². The highest BCUT2D eigenvalue weighted by Gasteiger charge is 2.26. The molecule has 0 aliphatic carbocycles. The van der Waals surface area contributed by atoms with Crippen LogP contribution in [0.1, 0.15) is 43.5 Å². The van der Waals surface area contributed by atoms with Crippen molar-refractivity contribution >= 4 is 28.3 Å². The maximum Gasteiger partial charge on any atom is 0.254 e. The predicted molar refractivity (Wildman–Crippen MR) is 106 cm³/mol. The van der Waals surface area contributed by atoms with Gasteiger partial charge in [-0.2, -0.15) is 0 Å². The largest absolute Gasteiger partial charge is 0.493 e. The fourth-order valence-electron chi connectivity index (χ4n) is 2.92. The van der Waals surface area contributed by atoms with Crippen LogP contribution in [-0.2, 0) is 10.8 Å². The molecule has 0 radical (unpaired) electrons. The first-order valence-corrected chi connectivity index (χ1v) is 10.8. The fraction of sp³-hybridized carbons (Fsp3) is 0.632. The Hall–Kier alpha value is -1.27. The Kier molecular flexibility index (Phi) is 7.77. The van der Waals surface area contributed by atoms with Gasteiger partial charge in [-0.05, 0) is 37.3 Å². The minimum Gasteiger partial charge on any atom is -0.493 e. The van der Waals surface area contributed by atoms with Gasteiger partial charge in [-0.3, -0.25) is 9.00 Å². The fourth-order valence-corrected chi connectivity index (χ4v) is 4.46. The minimum atomic E-state index is -0.750. The predicted octanol–water partition coefficient (Wildman–Crippen LogP) is 3.76. The van der Waals surface area contributed by atoms with Crippen molar-refractivity contribution in [3.05, 3.63) is 22.7 Å². The van der Waals surface area contributed by atoms with Gasteiger partial charge in [-0.25, -0.2) is 0 Å². The van der Waals surface area contributed by atoms with Gasteiger partial charge in [0, 0.05) is 41.0 Å². The molecule has 2 rings (SSSR count). The molecule has 1 saturated heterocycles. The summed E-state index contributed by atoms with van der Waals surface area (Å²) < 4.78 is 22.7. The van der Waals surface area contributed by atoms with E-state index in [4.69, 9.17) is 21.1 Å². The second-order valence-corrected chi connectivity index (χ2v) is 9.12. The van der Waals surface area contributed by atoms with E-state index in [-0.39, 0.29) is 11.9 Å². The van der Waals surface area contributed by atoms with Crippen LogP contribution in [0.15, 0.2) is 12.1 Å². The lowest BCUT2D eigenvalue weighted by atomic mass is 10.1. The first kappa shape index (κ1) is 21.0. The quantitative estimate of drug-likeness (QED) is 0.698. The zero-order valence-electron chi connectivity index (χ0n) is 15.9. The van der Waals surface area contributed by atoms with E-state index >= 15 is 0 Å². The number of halogens is 1. The molecule has 1 aromatic rings. The van der Waals surface area contributed by atoms with Crippen LogP contribution in [0.5, 0.6) is 11.5 Å². The number of rotatable bonds is 7. The van der Waals surface area contributed by atoms with Gasteiger partial charge in [-0.1, -0.05) is 25.4 Å². The molecule has 0 aromatic heterocycles. The number of benzene rings is 1. The summed E-state index contributed by atoms with van der Waals surface area (Å²) in [4.78, 5) is 14.6. The van der Waals surface area contributed by atoms with Gasteiger partial charge < -0.3 is 14.4 Å². The van der Waals surface area contributed by atoms with E-state index < -0.39 is 10.8 Å². The Balaban J connectivity index is 2.14. The van der Waals surface area contributed by atoms with E-state index in [1.807, 2.05) is 0 Å². The molecule has 5 nitrogen and oxygen atoms in total. The van der Waals surface area contributed by atoms with Crippen LogP contribution < -0.4 is 9.47 Å². The van der Waals surface area contributed by atoms with Crippen molar-refractivity contribution < 1.29 is 18.5 Å². The van der Waals surface area contributed by atoms with E-state index in [9.17, 15) is 9.00 Å². The molecule has 0 spiro atoms. The van der Waals surface area contributed by atoms with Crippen molar-refractivity contribution in [1.29, 1.82) is 0 Å². The van der Waals surface area contributed by atoms with E-state index in [1.165, 1.54) is 7.11 Å². The highest BCUT2D eigenvalue weighted by atomic mass is 35.5. The summed E-state index contributed by atoms with van der Waals surface area (Å²) in [6, 6.07) is 3.41. The third-order valence-electron chi connectivity index (χ3n) is 4.64. The molecule has 1 amide bonds. The summed E-state index contributed by atoms with van der Waals surface area (Å²) in [5.74, 6) is 2.64. The molecule has 26 heavy (non-hydrogen) atoms. The van der Waals surface area contributed by atoms with E-state index in [0.29, 0.717) is 46.1 Å². The third kappa shape index (κ3) is 5.36. The summed E-state index contributed by atoms with van der Waals surface area (Å²) in [5, 5.41) is 0.370. The normalized spacial score (nSPS) is 20.1. The lowest BCUT2D eigenvalue weighted by Crippen LogP contribution is -2.41. The highest BCUT2D eigenvalue weighted by molar-refractivity contribution is 7.85. The van der Waals surface area contributed by atoms with Crippen molar-refractivity contribution in [2.75, 3.05) is 32.3 Å². The number of hydrogen-bond donors (Lipinski definition) is 0. The minimum absolute atomic E-state index is 0.104. The number of amides is 1. The van der Waals surface area contributed by atoms with Crippen LogP contribution in [0.4, 0.5) is 0 Å². The first-order chi connectivity index (χ1) is 12.3. The zero-order chi connectivity index (χ0) is 19.3. The standard InChI is InChI=1S/C19H28ClNO4S/c1-13(2)5-8-25-18-16(20)11-14(12-17(18)24-4)19(22)21(3)15-6-9-26(23)10-7-15/h11-13,15H,5-10H2,1-4H3. The van der Waals surface area contributed by atoms with Gasteiger partial charge in [0.05, 0.1) is 18.7 Å². The van der Waals surface area contributed by atoms with Crippen molar-refractivity contribution in [3.63, 3.8) is 0 Å². The van der Waals surface area contributed by atoms with Crippen LogP contribution in [0, 0.1) is 5.92 Å². The molecule has 1 fully saturated rings. The second kappa shape index (κ2) is 9.60. The van der Waals surface area contributed by atoms with Gasteiger partial charge in [0.15, 0.2) is 11.5 Å². The first-order valence-electron chi connectivity index (χ1n) is 8.96. The Bertz CT molecular complexity index is 655. The molecule has 0 unspecified atom stereocenters. The van der Waals surface area contributed by atoms with Gasteiger partial charge in [0.1, 0.15) is 0 Å². The Morgan fingerprint density at radius 1 is 1.35 bits per heavy atom. The Labute approximate surface area is 163 Å². The van der Waals surface area contributed by atoms with Crippen LogP contribution >= 0.6 is 11.6 Å². The maximum atomic E-state index is 12.9. The van der Waals surface area contributed by atoms with Crippen LogP contribution in [-0.4, -0.2) is 53.3 Å². The summed E-state index contributed by atoms with van der Waals surface area (Å²) >= 11 is 6.37. The van der Waals surface area contributed by atoms with Crippen molar-refractivity contribution in [2.45, 2.75) is 39.2 Å². The number of hydrogen-bond acceptors (Lipinski definition) is 4. The molecular weight excluding hydrogens is 374 g/mol. The molecule has 0 atom stereocenters. The number of carbonyl (C=O) groups is 1. The summed E-state index contributed by atoms with van der Waals surface area (Å²) in [6.45, 7) is 4.79. The number of ether oxygens (including phenoxy) is 2. The monoisotopic (exact) mass is 401 g/mol. The average molecular weight is 402 g/mol. The van der Waals surface area contributed by atoms with Gasteiger partial charge in [-0.15, -0.1) is 0 Å². The Morgan fingerprint density at radius 3 is 2.58 bits per heavy atom. The number of nitrogens with zero attached hydrogens (tertiary/aromatic N) is 1. The van der Waals surface area contributed by atoms with Crippen LogP contribution in [0.3, 0.4) is 0 Å². The molecular formula is C19H28ClNO4S. The van der Waals surface area contributed by atoms with Gasteiger partial charge in [0.2, 0.25) is 0 Å². The molecule has 1 aromatic carbocycles. The lowest BCUT2D eigenvalue weighted by Gasteiger charge is -2.31. The molecule has 1 aliphatic rings. The van der Waals surface area contributed by atoms with E-state index in [1.54, 1.807) is 24.1 Å². The number of carbonyl (C=O) groups excluding carboxylic acids is 1. The smallest absolute Gasteiger partial charge is 0.254 e. The maximum absolute atomic E-state index is 12.9. The molecule has 0 N–H and O–H groups in total. The molecule has 1 heterocycles. The summed E-state index contributed by atoms with van der Waals surface area (Å²) in [7, 11) is 2.57. The van der Waals surface area contributed by atoms with Gasteiger partial charge >= 0.3 is 0 Å². The zero-order valence-corrected chi connectivity index (χ0v) is 17.5. The molecule has 0 saturated carbocycles. The second-order valence-electron chi connectivity index (χ2n) is 7.02. The summed E-state index contributed by atoms with van der Waals surface area (Å²) in [5.41, 5.74) is 0.470. The average Bonchev–Trinajstić information content (AvgIpc) is 2.61. The van der Waals surface area contributed by atoms with Crippen LogP contribution in [0.25, 0.3) is 0 Å². The highest BCUT2D eigenvalue weighted by Crippen LogP contribution is 2.37. The van der Waals surface area contributed by atoms with E-state index in [2.05, 4.69) is 13.8 Å². The topological polar surface area (TPSA) is 55.8 Å². The number of methoxy groups -OCH3 is 1. The van der Waals surface area contributed by atoms with Crippen LogP contribution in [0.2, 0.25) is 5.02 Å². The van der Waals surface area contributed by atoms with Crippen molar-refractivity contribution in [3.8, 4) is 11.5 Å². The SMILES string of the molecule is COc1cc(C(=O)N(C)C2CCS(=O)CC2)cc(Cl)c1OCCC(C)C. The lowest BCUT2D eigenvalue weighted by molar-refractivity contribution is 0.0722. The third-order valence-corrected chi connectivity index (χ3v) is 6.31. The molecule has 1 aliphatic heterocycles. The Morgan fingerprint density at radius 2 is 2.00 bits per heavy atom. The molecule has 0 bridgehead atoms. The molecule has 7 heteroatoms. The van der Waals surface area contributed by atoms with Gasteiger partial charge in [0.25, 0.3) is 5.91 Å². The molecule has 146 valence electrons.